The predicted octanol–water partition coefficient (Wildman–Crippen LogP) is 2.12. The molecule has 0 aromatic heterocycles. The van der Waals surface area contributed by atoms with E-state index in [9.17, 15) is 4.79 Å². The highest BCUT2D eigenvalue weighted by Crippen LogP contribution is 2.34. The summed E-state index contributed by atoms with van der Waals surface area (Å²) in [4.78, 5) is 14.6. The topological polar surface area (TPSA) is 41.6 Å². The maximum atomic E-state index is 12.3. The lowest BCUT2D eigenvalue weighted by Crippen LogP contribution is -2.59. The van der Waals surface area contributed by atoms with Crippen molar-refractivity contribution in [2.45, 2.75) is 50.7 Å². The van der Waals surface area contributed by atoms with Crippen LogP contribution in [0.3, 0.4) is 0 Å². The number of nitrogens with zero attached hydrogens (tertiary/aromatic N) is 1. The largest absolute Gasteiger partial charge is 0.468 e. The Labute approximate surface area is 126 Å². The Kier molecular flexibility index (Phi) is 3.66. The molecule has 0 bridgehead atoms. The second kappa shape index (κ2) is 5.34. The summed E-state index contributed by atoms with van der Waals surface area (Å²) >= 11 is 0. The standard InChI is InChI=1S/C17H24N2O2/c1-12-10-13-6-4-5-7-15(13)19(12)11-17(2,16(20)21-3)18-14-8-9-14/h4-7,12,14,18H,8-11H2,1-3H3. The van der Waals surface area contributed by atoms with Crippen molar-refractivity contribution in [2.75, 3.05) is 18.6 Å². The van der Waals surface area contributed by atoms with Crippen LogP contribution in [0, 0.1) is 0 Å². The Morgan fingerprint density at radius 2 is 2.14 bits per heavy atom. The number of esters is 1. The molecule has 0 spiro atoms. The highest BCUT2D eigenvalue weighted by molar-refractivity contribution is 5.81. The summed E-state index contributed by atoms with van der Waals surface area (Å²) in [6.45, 7) is 4.83. The van der Waals surface area contributed by atoms with Crippen LogP contribution in [0.5, 0.6) is 0 Å². The van der Waals surface area contributed by atoms with Crippen LogP contribution in [0.1, 0.15) is 32.3 Å². The van der Waals surface area contributed by atoms with Gasteiger partial charge in [-0.05, 0) is 44.7 Å². The summed E-state index contributed by atoms with van der Waals surface area (Å²) in [5.74, 6) is -0.175. The van der Waals surface area contributed by atoms with E-state index in [-0.39, 0.29) is 5.97 Å². The first kappa shape index (κ1) is 14.4. The average Bonchev–Trinajstić information content (AvgIpc) is 3.22. The Morgan fingerprint density at radius 3 is 2.81 bits per heavy atom. The predicted molar refractivity (Wildman–Crippen MR) is 83.5 cm³/mol. The van der Waals surface area contributed by atoms with E-state index in [1.807, 2.05) is 6.92 Å². The van der Waals surface area contributed by atoms with Crippen molar-refractivity contribution < 1.29 is 9.53 Å². The fraction of sp³-hybridized carbons (Fsp3) is 0.588. The van der Waals surface area contributed by atoms with E-state index < -0.39 is 5.54 Å². The monoisotopic (exact) mass is 288 g/mol. The van der Waals surface area contributed by atoms with Gasteiger partial charge in [-0.3, -0.25) is 5.32 Å². The number of para-hydroxylation sites is 1. The van der Waals surface area contributed by atoms with Gasteiger partial charge in [-0.2, -0.15) is 0 Å². The lowest BCUT2D eigenvalue weighted by atomic mass is 10.0. The number of rotatable bonds is 5. The van der Waals surface area contributed by atoms with Gasteiger partial charge in [0, 0.05) is 24.3 Å². The third-order valence-electron chi connectivity index (χ3n) is 4.57. The van der Waals surface area contributed by atoms with E-state index in [1.54, 1.807) is 0 Å². The first-order valence-corrected chi connectivity index (χ1v) is 7.74. The normalized spacial score (nSPS) is 23.6. The molecule has 0 amide bonds. The molecule has 3 rings (SSSR count). The summed E-state index contributed by atoms with van der Waals surface area (Å²) in [7, 11) is 1.47. The fourth-order valence-corrected chi connectivity index (χ4v) is 3.28. The van der Waals surface area contributed by atoms with Gasteiger partial charge in [0.05, 0.1) is 7.11 Å². The molecule has 2 aliphatic rings. The fourth-order valence-electron chi connectivity index (χ4n) is 3.28. The Morgan fingerprint density at radius 1 is 1.43 bits per heavy atom. The van der Waals surface area contributed by atoms with Crippen molar-refractivity contribution in [3.63, 3.8) is 0 Å². The third-order valence-corrected chi connectivity index (χ3v) is 4.57. The van der Waals surface area contributed by atoms with Gasteiger partial charge in [-0.1, -0.05) is 18.2 Å². The van der Waals surface area contributed by atoms with Gasteiger partial charge in [0.25, 0.3) is 0 Å². The van der Waals surface area contributed by atoms with Crippen LogP contribution in [0.4, 0.5) is 5.69 Å². The number of nitrogens with one attached hydrogen (secondary N) is 1. The highest BCUT2D eigenvalue weighted by atomic mass is 16.5. The molecule has 4 heteroatoms. The molecule has 21 heavy (non-hydrogen) atoms. The van der Waals surface area contributed by atoms with Crippen molar-refractivity contribution in [3.8, 4) is 0 Å². The number of benzene rings is 1. The van der Waals surface area contributed by atoms with E-state index in [1.165, 1.54) is 18.4 Å². The van der Waals surface area contributed by atoms with Crippen molar-refractivity contribution in [2.24, 2.45) is 0 Å². The number of carbonyl (C=O) groups is 1. The molecule has 1 heterocycles. The summed E-state index contributed by atoms with van der Waals surface area (Å²) < 4.78 is 5.05. The second-order valence-corrected chi connectivity index (χ2v) is 6.55. The van der Waals surface area contributed by atoms with Gasteiger partial charge < -0.3 is 9.64 Å². The minimum atomic E-state index is -0.651. The first-order chi connectivity index (χ1) is 10.0. The van der Waals surface area contributed by atoms with E-state index in [2.05, 4.69) is 41.4 Å². The minimum Gasteiger partial charge on any atom is -0.468 e. The molecule has 1 N–H and O–H groups in total. The van der Waals surface area contributed by atoms with Gasteiger partial charge in [-0.25, -0.2) is 4.79 Å². The van der Waals surface area contributed by atoms with Crippen LogP contribution in [-0.4, -0.2) is 37.2 Å². The zero-order valence-corrected chi connectivity index (χ0v) is 13.1. The third kappa shape index (κ3) is 2.77. The smallest absolute Gasteiger partial charge is 0.327 e. The number of methoxy groups -OCH3 is 1. The Hall–Kier alpha value is -1.55. The van der Waals surface area contributed by atoms with E-state index >= 15 is 0 Å². The SMILES string of the molecule is COC(=O)C(C)(CN1c2ccccc2CC1C)NC1CC1. The average molecular weight is 288 g/mol. The lowest BCUT2D eigenvalue weighted by Gasteiger charge is -2.36. The number of hydrogen-bond donors (Lipinski definition) is 1. The number of carbonyl (C=O) groups excluding carboxylic acids is 1. The summed E-state index contributed by atoms with van der Waals surface area (Å²) in [6, 6.07) is 9.34. The minimum absolute atomic E-state index is 0.175. The van der Waals surface area contributed by atoms with Crippen molar-refractivity contribution >= 4 is 11.7 Å². The van der Waals surface area contributed by atoms with Crippen molar-refractivity contribution in [3.05, 3.63) is 29.8 Å². The molecular formula is C17H24N2O2. The summed E-state index contributed by atoms with van der Waals surface area (Å²) in [6.07, 6.45) is 3.34. The molecule has 0 saturated heterocycles. The number of hydrogen-bond acceptors (Lipinski definition) is 4. The van der Waals surface area contributed by atoms with Crippen LogP contribution in [-0.2, 0) is 16.0 Å². The zero-order valence-electron chi connectivity index (χ0n) is 13.1. The molecule has 2 unspecified atom stereocenters. The van der Waals surface area contributed by atoms with Crippen LogP contribution < -0.4 is 10.2 Å². The first-order valence-electron chi connectivity index (χ1n) is 7.74. The van der Waals surface area contributed by atoms with Crippen LogP contribution in [0.25, 0.3) is 0 Å². The number of anilines is 1. The molecule has 1 fully saturated rings. The Bertz CT molecular complexity index is 541. The van der Waals surface area contributed by atoms with Gasteiger partial charge in [0.15, 0.2) is 0 Å². The molecule has 4 nitrogen and oxygen atoms in total. The van der Waals surface area contributed by atoms with E-state index in [0.717, 1.165) is 19.3 Å². The second-order valence-electron chi connectivity index (χ2n) is 6.55. The number of ether oxygens (including phenoxy) is 1. The molecule has 1 aliphatic heterocycles. The summed E-state index contributed by atoms with van der Waals surface area (Å²) in [5, 5.41) is 3.48. The van der Waals surface area contributed by atoms with Gasteiger partial charge >= 0.3 is 5.97 Å². The van der Waals surface area contributed by atoms with Crippen LogP contribution in [0.15, 0.2) is 24.3 Å². The molecule has 1 aromatic rings. The summed E-state index contributed by atoms with van der Waals surface area (Å²) in [5.41, 5.74) is 1.96. The van der Waals surface area contributed by atoms with Crippen molar-refractivity contribution in [1.29, 1.82) is 0 Å². The molecule has 1 aromatic carbocycles. The van der Waals surface area contributed by atoms with Crippen LogP contribution >= 0.6 is 0 Å². The molecule has 2 atom stereocenters. The molecular weight excluding hydrogens is 264 g/mol. The van der Waals surface area contributed by atoms with Crippen LogP contribution in [0.2, 0.25) is 0 Å². The maximum absolute atomic E-state index is 12.3. The Balaban J connectivity index is 1.83. The molecule has 1 saturated carbocycles. The molecule has 114 valence electrons. The van der Waals surface area contributed by atoms with Gasteiger partial charge in [-0.15, -0.1) is 0 Å². The quantitative estimate of drug-likeness (QED) is 0.843. The van der Waals surface area contributed by atoms with Gasteiger partial charge in [0.1, 0.15) is 5.54 Å². The van der Waals surface area contributed by atoms with Gasteiger partial charge in [0.2, 0.25) is 0 Å². The van der Waals surface area contributed by atoms with E-state index in [4.69, 9.17) is 4.74 Å². The lowest BCUT2D eigenvalue weighted by molar-refractivity contribution is -0.147. The zero-order chi connectivity index (χ0) is 15.0. The van der Waals surface area contributed by atoms with Crippen molar-refractivity contribution in [1.82, 2.24) is 5.32 Å². The molecule has 1 aliphatic carbocycles. The molecule has 0 radical (unpaired) electrons. The highest BCUT2D eigenvalue weighted by Gasteiger charge is 2.42. The number of fused-ring (bicyclic) bond motifs is 1. The van der Waals surface area contributed by atoms with E-state index in [0.29, 0.717) is 18.6 Å². The maximum Gasteiger partial charge on any atom is 0.327 e.